The monoisotopic (exact) mass is 734 g/mol. The summed E-state index contributed by atoms with van der Waals surface area (Å²) in [5.41, 5.74) is 18.6. The third-order valence-electron chi connectivity index (χ3n) is 12.9. The molecule has 4 heterocycles. The van der Waals surface area contributed by atoms with Crippen LogP contribution in [0.4, 0.5) is 4.39 Å². The normalized spacial score (nSPS) is 14.1. The summed E-state index contributed by atoms with van der Waals surface area (Å²) in [6.07, 6.45) is 0. The largest absolute Gasteiger partial charge is 0.310 e. The molecule has 56 heavy (non-hydrogen) atoms. The van der Waals surface area contributed by atoms with Crippen LogP contribution in [0.15, 0.2) is 97.1 Å². The molecule has 2 aliphatic rings. The SMILES string of the molecule is CC(C)(C)c1ccc2c(c1)c1cc(C(C)(C)C)cc3c1n2-c1cc(-c2cccc(F)c2)cc2c1B3c1cc(C(C)(C)C)cc3c4cc(C(C)(C)C)ccc4n-2c13. The lowest BCUT2D eigenvalue weighted by atomic mass is 9.34. The zero-order valence-corrected chi connectivity index (χ0v) is 35.1. The molecular weight excluding hydrogens is 682 g/mol. The molecule has 0 atom stereocenters. The first-order chi connectivity index (χ1) is 26.2. The van der Waals surface area contributed by atoms with Crippen LogP contribution >= 0.6 is 0 Å². The molecule has 0 unspecified atom stereocenters. The van der Waals surface area contributed by atoms with Crippen molar-refractivity contribution in [1.82, 2.24) is 9.13 Å². The van der Waals surface area contributed by atoms with Crippen LogP contribution < -0.4 is 16.4 Å². The first-order valence-corrected chi connectivity index (χ1v) is 20.4. The van der Waals surface area contributed by atoms with Crippen molar-refractivity contribution in [2.75, 3.05) is 0 Å². The van der Waals surface area contributed by atoms with Crippen LogP contribution in [0.25, 0.3) is 66.1 Å². The van der Waals surface area contributed by atoms with Crippen molar-refractivity contribution in [1.29, 1.82) is 0 Å². The Kier molecular flexibility index (Phi) is 6.98. The van der Waals surface area contributed by atoms with Crippen molar-refractivity contribution in [2.45, 2.75) is 105 Å². The maximum atomic E-state index is 15.1. The van der Waals surface area contributed by atoms with Gasteiger partial charge in [0.05, 0.1) is 11.0 Å². The van der Waals surface area contributed by atoms with Gasteiger partial charge in [-0.15, -0.1) is 0 Å². The average molecular weight is 735 g/mol. The van der Waals surface area contributed by atoms with Crippen molar-refractivity contribution >= 4 is 66.7 Å². The molecule has 10 rings (SSSR count). The van der Waals surface area contributed by atoms with Crippen molar-refractivity contribution in [3.63, 3.8) is 0 Å². The van der Waals surface area contributed by atoms with Gasteiger partial charge in [0.25, 0.3) is 6.71 Å². The number of nitrogens with zero attached hydrogens (tertiary/aromatic N) is 2. The topological polar surface area (TPSA) is 9.86 Å². The number of hydrogen-bond acceptors (Lipinski definition) is 0. The Morgan fingerprint density at radius 2 is 0.857 bits per heavy atom. The molecule has 0 saturated carbocycles. The van der Waals surface area contributed by atoms with Crippen molar-refractivity contribution < 1.29 is 4.39 Å². The fourth-order valence-electron chi connectivity index (χ4n) is 9.70. The lowest BCUT2D eigenvalue weighted by Crippen LogP contribution is -2.59. The molecule has 0 fully saturated rings. The molecular formula is C52H52BFN2. The molecule has 2 nitrogen and oxygen atoms in total. The number of hydrogen-bond donors (Lipinski definition) is 0. The zero-order chi connectivity index (χ0) is 39.6. The predicted octanol–water partition coefficient (Wildman–Crippen LogP) is 12.0. The fourth-order valence-corrected chi connectivity index (χ4v) is 9.70. The van der Waals surface area contributed by atoms with E-state index in [4.69, 9.17) is 0 Å². The van der Waals surface area contributed by atoms with Crippen LogP contribution in [0.1, 0.15) is 105 Å². The summed E-state index contributed by atoms with van der Waals surface area (Å²) in [6, 6.07) is 36.1. The summed E-state index contributed by atoms with van der Waals surface area (Å²) in [7, 11) is 0. The number of aromatic nitrogens is 2. The molecule has 6 aromatic carbocycles. The number of benzene rings is 6. The number of halogens is 1. The second-order valence-corrected chi connectivity index (χ2v) is 20.9. The third kappa shape index (κ3) is 4.93. The Labute approximate surface area is 331 Å². The summed E-state index contributed by atoms with van der Waals surface area (Å²) >= 11 is 0. The molecule has 0 amide bonds. The zero-order valence-electron chi connectivity index (χ0n) is 35.1. The Balaban J connectivity index is 1.46. The van der Waals surface area contributed by atoms with Gasteiger partial charge in [-0.25, -0.2) is 4.39 Å². The van der Waals surface area contributed by atoms with Gasteiger partial charge < -0.3 is 9.13 Å². The van der Waals surface area contributed by atoms with Gasteiger partial charge in [-0.05, 0) is 132 Å². The van der Waals surface area contributed by atoms with E-state index in [9.17, 15) is 0 Å². The summed E-state index contributed by atoms with van der Waals surface area (Å²) in [5.74, 6) is -0.223. The van der Waals surface area contributed by atoms with Crippen molar-refractivity contribution in [3.05, 3.63) is 125 Å². The van der Waals surface area contributed by atoms with Gasteiger partial charge >= 0.3 is 0 Å². The summed E-state index contributed by atoms with van der Waals surface area (Å²) in [5, 5.41) is 5.19. The second kappa shape index (κ2) is 11.1. The summed E-state index contributed by atoms with van der Waals surface area (Å²) in [4.78, 5) is 0. The Bertz CT molecular complexity index is 2840. The lowest BCUT2D eigenvalue weighted by Gasteiger charge is -2.36. The van der Waals surface area contributed by atoms with Crippen LogP contribution in [-0.4, -0.2) is 15.8 Å². The van der Waals surface area contributed by atoms with E-state index < -0.39 is 0 Å². The van der Waals surface area contributed by atoms with Crippen LogP contribution in [-0.2, 0) is 21.7 Å². The molecule has 0 bridgehead atoms. The molecule has 2 aliphatic heterocycles. The highest BCUT2D eigenvalue weighted by Gasteiger charge is 2.42. The van der Waals surface area contributed by atoms with E-state index in [0.29, 0.717) is 0 Å². The molecule has 2 aromatic heterocycles. The van der Waals surface area contributed by atoms with Gasteiger partial charge in [0.15, 0.2) is 0 Å². The van der Waals surface area contributed by atoms with E-state index in [0.717, 1.165) is 11.1 Å². The lowest BCUT2D eigenvalue weighted by molar-refractivity contribution is 0.590. The van der Waals surface area contributed by atoms with E-state index in [-0.39, 0.29) is 34.2 Å². The van der Waals surface area contributed by atoms with Crippen molar-refractivity contribution in [3.8, 4) is 22.5 Å². The van der Waals surface area contributed by atoms with Gasteiger partial charge in [-0.2, -0.15) is 0 Å². The maximum Gasteiger partial charge on any atom is 0.252 e. The van der Waals surface area contributed by atoms with E-state index in [1.165, 1.54) is 93.6 Å². The predicted molar refractivity (Wildman–Crippen MR) is 240 cm³/mol. The highest BCUT2D eigenvalue weighted by atomic mass is 19.1. The smallest absolute Gasteiger partial charge is 0.252 e. The fraction of sp³-hybridized carbons (Fsp3) is 0.308. The van der Waals surface area contributed by atoms with E-state index in [2.05, 4.69) is 165 Å². The van der Waals surface area contributed by atoms with Crippen LogP contribution in [0, 0.1) is 5.82 Å². The summed E-state index contributed by atoms with van der Waals surface area (Å²) < 4.78 is 20.2. The summed E-state index contributed by atoms with van der Waals surface area (Å²) in [6.45, 7) is 27.9. The number of rotatable bonds is 1. The highest BCUT2D eigenvalue weighted by Crippen LogP contribution is 2.44. The molecule has 4 heteroatoms. The van der Waals surface area contributed by atoms with Gasteiger partial charge in [-0.1, -0.05) is 119 Å². The second-order valence-electron chi connectivity index (χ2n) is 20.9. The van der Waals surface area contributed by atoms with Crippen LogP contribution in [0.3, 0.4) is 0 Å². The van der Waals surface area contributed by atoms with Crippen molar-refractivity contribution in [2.24, 2.45) is 0 Å². The Morgan fingerprint density at radius 3 is 1.27 bits per heavy atom. The minimum Gasteiger partial charge on any atom is -0.310 e. The molecule has 0 spiro atoms. The quantitative estimate of drug-likeness (QED) is 0.149. The molecule has 280 valence electrons. The van der Waals surface area contributed by atoms with E-state index >= 15 is 4.39 Å². The Morgan fingerprint density at radius 1 is 0.429 bits per heavy atom. The van der Waals surface area contributed by atoms with Gasteiger partial charge in [0.2, 0.25) is 0 Å². The molecule has 0 radical (unpaired) electrons. The van der Waals surface area contributed by atoms with Gasteiger partial charge in [0, 0.05) is 44.0 Å². The third-order valence-corrected chi connectivity index (χ3v) is 12.9. The molecule has 0 aliphatic carbocycles. The molecule has 8 aromatic rings. The first kappa shape index (κ1) is 35.3. The highest BCUT2D eigenvalue weighted by molar-refractivity contribution is 7.00. The minimum absolute atomic E-state index is 0.00475. The maximum absolute atomic E-state index is 15.1. The molecule has 0 saturated heterocycles. The average Bonchev–Trinajstić information content (AvgIpc) is 3.63. The Hall–Kier alpha value is -5.09. The van der Waals surface area contributed by atoms with Crippen LogP contribution in [0.2, 0.25) is 0 Å². The van der Waals surface area contributed by atoms with Gasteiger partial charge in [0.1, 0.15) is 5.82 Å². The van der Waals surface area contributed by atoms with Crippen LogP contribution in [0.5, 0.6) is 0 Å². The van der Waals surface area contributed by atoms with E-state index in [1.807, 2.05) is 12.1 Å². The van der Waals surface area contributed by atoms with E-state index in [1.54, 1.807) is 12.1 Å². The van der Waals surface area contributed by atoms with Gasteiger partial charge in [-0.3, -0.25) is 0 Å². The first-order valence-electron chi connectivity index (χ1n) is 20.4. The minimum atomic E-state index is -0.223. The molecule has 0 N–H and O–H groups in total. The standard InChI is InChI=1S/C52H52BFN2/c1-49(2,3)31-16-18-42-36(23-31)38-25-33(51(7,8)9)27-40-47(38)55(42)44-21-30(29-14-13-15-35(54)20-29)22-45-46(44)53(40)41-28-34(52(10,11)12)26-39-37-24-32(50(4,5)6)17-19-43(37)56(45)48(39)41/h13-28H,1-12H3. The number of fused-ring (bicyclic) bond motifs is 10.